The van der Waals surface area contributed by atoms with Gasteiger partial charge in [-0.2, -0.15) is 52.5 Å². The maximum atomic E-state index is 13.8. The number of piperidine rings is 4. The summed E-state index contributed by atoms with van der Waals surface area (Å²) in [5.74, 6) is -1.32. The van der Waals surface area contributed by atoms with E-state index < -0.39 is 17.6 Å². The van der Waals surface area contributed by atoms with E-state index in [1.165, 1.54) is 43.1 Å². The third kappa shape index (κ3) is 19.9. The van der Waals surface area contributed by atoms with E-state index in [0.29, 0.717) is 55.0 Å². The van der Waals surface area contributed by atoms with Gasteiger partial charge in [-0.15, -0.1) is 11.3 Å². The van der Waals surface area contributed by atoms with E-state index >= 15 is 0 Å². The number of alkyl halides is 3. The van der Waals surface area contributed by atoms with Crippen LogP contribution in [0.4, 0.5) is 17.6 Å². The van der Waals surface area contributed by atoms with Crippen molar-refractivity contribution in [1.82, 2.24) is 99.2 Å². The van der Waals surface area contributed by atoms with Crippen LogP contribution < -0.4 is 40.6 Å². The molecule has 0 amide bonds. The number of pyridine rings is 4. The predicted molar refractivity (Wildman–Crippen MR) is 506 cm³/mol. The second-order valence-corrected chi connectivity index (χ2v) is 34.6. The molecule has 24 nitrogen and oxygen atoms in total. The standard InChI is InChI=1S/C28H27N5O.C26H25N5OS.C26H25N5O.C23H21F4N5O/c1-2-6-22(7-3-1)23-8-4-5-21(15-23)20-34-33-14-11-27-28(33)16-24(17-30-27)25-18-31-32(19-25)26-9-12-29-13-10-26;1-2-5-23(26-6-3-13-33-26)19(4-1)18-32-31-12-9-24-25(31)14-20(15-28-24)21-16-29-30(17-21)22-7-10-27-11-8-22;1-2-4-21-13-19(5-6-20(21)3-1)18-32-31-12-9-25-26(31)14-22(15-28-25)23-16-29-30(17-23)24-7-10-27-11-8-24;24-20-9-15(1-2-19(20)23(25,26)27)14-33-32-8-5-21-22(32)10-16(11-29-21)17-12-30-31(13-17)18-3-6-28-7-4-18/h1-8,11,14-19,26,29H,9-10,12-13,20H2;1-6,9,12-17,22,27H,7-8,10-11,18H2;1-6,9,12-17,24,27H,7-8,10-11,18H2;1-2,5,8-13,18,28H,3-4,6-7,14H2. The molecule has 0 saturated carbocycles. The smallest absolute Gasteiger partial charge is 0.409 e. The van der Waals surface area contributed by atoms with Crippen LogP contribution in [0.25, 0.3) is 121 Å². The summed E-state index contributed by atoms with van der Waals surface area (Å²) in [5.41, 5.74) is 21.2. The van der Waals surface area contributed by atoms with E-state index in [-0.39, 0.29) is 12.2 Å². The maximum absolute atomic E-state index is 13.8. The van der Waals surface area contributed by atoms with E-state index in [0.717, 1.165) is 210 Å². The molecule has 19 aromatic rings. The van der Waals surface area contributed by atoms with Crippen molar-refractivity contribution in [1.29, 1.82) is 0 Å². The number of halogens is 4. The van der Waals surface area contributed by atoms with Gasteiger partial charge in [0.1, 0.15) is 54.3 Å². The molecular weight excluding hydrogens is 1690 g/mol. The number of benzene rings is 6. The molecule has 0 unspecified atom stereocenters. The number of nitrogens with one attached hydrogen (secondary N) is 4. The molecule has 29 heteroatoms. The van der Waals surface area contributed by atoms with Gasteiger partial charge in [-0.05, 0) is 232 Å². The minimum Gasteiger partial charge on any atom is -0.409 e. The normalized spacial score (nSPS) is 14.8. The molecule has 0 aliphatic carbocycles. The lowest BCUT2D eigenvalue weighted by Gasteiger charge is -2.22. The van der Waals surface area contributed by atoms with Crippen LogP contribution >= 0.6 is 11.3 Å². The lowest BCUT2D eigenvalue weighted by atomic mass is 10.0. The molecule has 6 aromatic carbocycles. The van der Waals surface area contributed by atoms with Gasteiger partial charge in [0.15, 0.2) is 0 Å². The van der Waals surface area contributed by atoms with Crippen molar-refractivity contribution in [2.45, 2.75) is 108 Å². The van der Waals surface area contributed by atoms with Crippen molar-refractivity contribution >= 4 is 66.2 Å². The fraction of sp³-hybridized carbons (Fsp3) is 0.243. The Morgan fingerprint density at radius 2 is 0.705 bits per heavy atom. The average molecular weight is 1790 g/mol. The highest BCUT2D eigenvalue weighted by Crippen LogP contribution is 2.36. The lowest BCUT2D eigenvalue weighted by Crippen LogP contribution is -2.29. The highest BCUT2D eigenvalue weighted by Gasteiger charge is 2.34. The number of nitrogens with zero attached hydrogens (tertiary/aromatic N) is 16. The van der Waals surface area contributed by atoms with E-state index in [9.17, 15) is 17.6 Å². The van der Waals surface area contributed by atoms with Gasteiger partial charge >= 0.3 is 6.18 Å². The maximum Gasteiger partial charge on any atom is 0.419 e. The third-order valence-electron chi connectivity index (χ3n) is 24.9. The van der Waals surface area contributed by atoms with E-state index in [2.05, 4.69) is 245 Å². The molecule has 132 heavy (non-hydrogen) atoms. The zero-order chi connectivity index (χ0) is 89.1. The monoisotopic (exact) mass is 1790 g/mol. The van der Waals surface area contributed by atoms with Crippen LogP contribution in [0.5, 0.6) is 0 Å². The summed E-state index contributed by atoms with van der Waals surface area (Å²) in [6.07, 6.45) is 35.1. The average Bonchev–Trinajstić information content (AvgIpc) is 1.66. The minimum absolute atomic E-state index is 0.100. The van der Waals surface area contributed by atoms with E-state index in [1.807, 2.05) is 117 Å². The molecule has 4 N–H and O–H groups in total. The largest absolute Gasteiger partial charge is 0.419 e. The zero-order valence-electron chi connectivity index (χ0n) is 72.5. The molecule has 13 aromatic heterocycles. The molecular formula is C103H98F4N20O4S. The fourth-order valence-electron chi connectivity index (χ4n) is 17.6. The molecule has 4 aliphatic heterocycles. The van der Waals surface area contributed by atoms with Gasteiger partial charge in [-0.1, -0.05) is 121 Å². The van der Waals surface area contributed by atoms with Gasteiger partial charge in [0, 0.05) is 129 Å². The SMILES string of the molecule is Fc1cc(COn2ccc3ncc(-c4cnn(C5CCNCC5)c4)cc32)ccc1C(F)(F)F.c1ccc(-c2cccc(COn3ccc4ncc(-c5cnn(C6CCNCC6)c5)cc43)c2)cc1.c1ccc2cc(COn3ccc4ncc(-c5cnn(C6CCNCC6)c5)cc43)ccc2c1.c1csc(-c2ccccc2COn2ccc3ncc(-c4cnn(C5CCNCC5)c4)cc32)c1. The van der Waals surface area contributed by atoms with Gasteiger partial charge in [0.05, 0.1) is 76.6 Å². The van der Waals surface area contributed by atoms with Crippen molar-refractivity contribution in [2.24, 2.45) is 0 Å². The van der Waals surface area contributed by atoms with Gasteiger partial charge in [0.2, 0.25) is 0 Å². The second-order valence-electron chi connectivity index (χ2n) is 33.6. The van der Waals surface area contributed by atoms with Gasteiger partial charge in [-0.3, -0.25) is 38.7 Å². The Kier molecular flexibility index (Phi) is 25.7. The highest BCUT2D eigenvalue weighted by atomic mass is 32.1. The molecule has 17 heterocycles. The summed E-state index contributed by atoms with van der Waals surface area (Å²) in [7, 11) is 0. The first-order valence-electron chi connectivity index (χ1n) is 44.9. The Balaban J connectivity index is 0.000000110. The Hall–Kier alpha value is -14.4. The summed E-state index contributed by atoms with van der Waals surface area (Å²) >= 11 is 1.74. The number of hydrogen-bond acceptors (Lipinski definition) is 17. The zero-order valence-corrected chi connectivity index (χ0v) is 73.3. The number of hydrogen-bond donors (Lipinski definition) is 4. The Morgan fingerprint density at radius 3 is 1.12 bits per heavy atom. The van der Waals surface area contributed by atoms with Crippen LogP contribution in [0.15, 0.2) is 305 Å². The Labute approximate surface area is 762 Å². The van der Waals surface area contributed by atoms with Crippen LogP contribution in [0.1, 0.15) is 103 Å². The van der Waals surface area contributed by atoms with Crippen LogP contribution in [-0.4, -0.2) is 130 Å². The summed E-state index contributed by atoms with van der Waals surface area (Å²) < 4.78 is 67.4. The van der Waals surface area contributed by atoms with Crippen molar-refractivity contribution < 1.29 is 36.9 Å². The summed E-state index contributed by atoms with van der Waals surface area (Å²) in [6.45, 7) is 9.59. The van der Waals surface area contributed by atoms with E-state index in [4.69, 9.17) is 19.4 Å². The molecule has 0 bridgehead atoms. The first-order chi connectivity index (χ1) is 64.9. The van der Waals surface area contributed by atoms with E-state index in [1.54, 1.807) is 29.8 Å². The van der Waals surface area contributed by atoms with Crippen molar-refractivity contribution in [3.63, 3.8) is 0 Å². The first kappa shape index (κ1) is 85.7. The van der Waals surface area contributed by atoms with Crippen molar-refractivity contribution in [3.05, 3.63) is 338 Å². The summed E-state index contributed by atoms with van der Waals surface area (Å²) in [4.78, 5) is 44.0. The summed E-state index contributed by atoms with van der Waals surface area (Å²) in [6, 6.07) is 66.9. The molecule has 4 fully saturated rings. The molecule has 0 radical (unpaired) electrons. The number of rotatable bonds is 22. The number of thiophene rings is 1. The number of fused-ring (bicyclic) bond motifs is 5. The predicted octanol–water partition coefficient (Wildman–Crippen LogP) is 19.5. The van der Waals surface area contributed by atoms with Gasteiger partial charge in [0.25, 0.3) is 0 Å². The Bertz CT molecular complexity index is 7110. The molecule has 4 aliphatic rings. The van der Waals surface area contributed by atoms with Crippen molar-refractivity contribution in [3.8, 4) is 66.1 Å². The molecule has 4 saturated heterocycles. The molecule has 0 atom stereocenters. The topological polar surface area (TPSA) is 228 Å². The summed E-state index contributed by atoms with van der Waals surface area (Å²) in [5, 5.41) is 36.6. The highest BCUT2D eigenvalue weighted by molar-refractivity contribution is 7.13. The van der Waals surface area contributed by atoms with Crippen LogP contribution in [0.3, 0.4) is 0 Å². The molecule has 0 spiro atoms. The molecule has 668 valence electrons. The minimum atomic E-state index is -4.73. The quantitative estimate of drug-likeness (QED) is 0.0463. The lowest BCUT2D eigenvalue weighted by molar-refractivity contribution is -0.140. The van der Waals surface area contributed by atoms with Crippen LogP contribution in [-0.2, 0) is 32.6 Å². The fourth-order valence-corrected chi connectivity index (χ4v) is 18.4. The van der Waals surface area contributed by atoms with Crippen LogP contribution in [0, 0.1) is 5.82 Å². The second kappa shape index (κ2) is 39.5. The van der Waals surface area contributed by atoms with Crippen LogP contribution in [0.2, 0.25) is 0 Å². The third-order valence-corrected chi connectivity index (χ3v) is 25.8. The first-order valence-corrected chi connectivity index (χ1v) is 45.8. The van der Waals surface area contributed by atoms with Gasteiger partial charge < -0.3 is 40.6 Å². The molecule has 23 rings (SSSR count). The van der Waals surface area contributed by atoms with Crippen molar-refractivity contribution in [2.75, 3.05) is 52.4 Å². The Morgan fingerprint density at radius 1 is 0.326 bits per heavy atom. The number of aromatic nitrogens is 16. The van der Waals surface area contributed by atoms with Gasteiger partial charge in [-0.25, -0.2) is 4.39 Å².